The minimum Gasteiger partial charge on any atom is -0.811 e. The molecule has 0 fully saturated rings. The molecule has 13 nitrogen and oxygen atoms in total. The first kappa shape index (κ1) is 47.9. The van der Waals surface area contributed by atoms with Crippen LogP contribution in [0.15, 0.2) is 0 Å². The molecule has 0 atom stereocenters. The fourth-order valence-electron chi connectivity index (χ4n) is 1.45. The molecule has 0 amide bonds. The first-order valence-electron chi connectivity index (χ1n) is 6.09. The number of hydrogen-bond acceptors (Lipinski definition) is 13. The molecular formula is C11H15FeN2Na3O11S. The van der Waals surface area contributed by atoms with E-state index in [2.05, 4.69) is 0 Å². The Kier molecular flexibility index (Phi) is 56.0. The zero-order valence-electron chi connectivity index (χ0n) is 16.1. The van der Waals surface area contributed by atoms with Gasteiger partial charge in [-0.25, -0.2) is 0 Å². The second-order valence-electron chi connectivity index (χ2n) is 4.00. The first-order valence-corrected chi connectivity index (χ1v) is 6.75. The van der Waals surface area contributed by atoms with Gasteiger partial charge in [0.05, 0.1) is 24.5 Å². The number of aliphatic carboxylic acids is 4. The van der Waals surface area contributed by atoms with E-state index in [-0.39, 0.29) is 119 Å². The van der Waals surface area contributed by atoms with Gasteiger partial charge < -0.3 is 61.0 Å². The normalized spacial score (nSPS) is 8.14. The van der Waals surface area contributed by atoms with Gasteiger partial charge in [-0.3, -0.25) is 14.6 Å². The summed E-state index contributed by atoms with van der Waals surface area (Å²) in [5.74, 6) is -5.82. The second kappa shape index (κ2) is 33.9. The summed E-state index contributed by atoms with van der Waals surface area (Å²) in [6.07, 6.45) is 0. The Morgan fingerprint density at radius 3 is 1.10 bits per heavy atom. The van der Waals surface area contributed by atoms with Crippen molar-refractivity contribution >= 4 is 43.0 Å². The molecular weight excluding hydrogens is 493 g/mol. The van der Waals surface area contributed by atoms with Gasteiger partial charge in [-0.15, -0.1) is 0 Å². The molecule has 152 valence electrons. The summed E-state index contributed by atoms with van der Waals surface area (Å²) in [4.78, 5) is 51.7. The summed E-state index contributed by atoms with van der Waals surface area (Å²) in [6.45, 7) is -1.00. The van der Waals surface area contributed by atoms with E-state index in [4.69, 9.17) is 19.0 Å². The molecule has 18 heteroatoms. The molecule has 0 radical (unpaired) electrons. The average Bonchev–Trinajstić information content (AvgIpc) is 2.45. The standard InChI is InChI=1S/C10H16N2O8.CH2O.Fe.3Na.H2O2S/c13-7(14)3-11(4-8(15)16)1-2-12(5-9(17)18)6-10(19)20;1-2;;;;;1-3-2/h1-6H2,(H,13,14)(H,15,16)(H,17,18)(H,19,20);1H2;;;;;1-2H/q;;+2;3*+1;/p-5. The summed E-state index contributed by atoms with van der Waals surface area (Å²) < 4.78 is 16.6. The fraction of sp³-hybridized carbons (Fsp3) is 0.545. The van der Waals surface area contributed by atoms with Crippen molar-refractivity contribution in [2.75, 3.05) is 39.3 Å². The summed E-state index contributed by atoms with van der Waals surface area (Å²) in [6, 6.07) is 0. The summed E-state index contributed by atoms with van der Waals surface area (Å²) in [5.41, 5.74) is 0. The molecule has 0 aromatic rings. The molecule has 0 heterocycles. The molecule has 0 saturated carbocycles. The van der Waals surface area contributed by atoms with Crippen LogP contribution < -0.4 is 104 Å². The zero-order valence-corrected chi connectivity index (χ0v) is 24.1. The molecule has 0 aromatic heterocycles. The van der Waals surface area contributed by atoms with Crippen LogP contribution in [-0.4, -0.2) is 93.9 Å². The van der Waals surface area contributed by atoms with Crippen molar-refractivity contribution in [2.24, 2.45) is 0 Å². The van der Waals surface area contributed by atoms with Crippen LogP contribution in [0.2, 0.25) is 0 Å². The third-order valence-electron chi connectivity index (χ3n) is 2.15. The van der Waals surface area contributed by atoms with Crippen molar-refractivity contribution in [2.45, 2.75) is 0 Å². The van der Waals surface area contributed by atoms with Crippen molar-refractivity contribution in [3.8, 4) is 0 Å². The number of carbonyl (C=O) groups is 5. The molecule has 0 aliphatic carbocycles. The van der Waals surface area contributed by atoms with Gasteiger partial charge in [-0.05, 0) is 0 Å². The maximum Gasteiger partial charge on any atom is 2.00 e. The van der Waals surface area contributed by atoms with Crippen molar-refractivity contribution in [1.29, 1.82) is 0 Å². The van der Waals surface area contributed by atoms with Crippen LogP contribution in [0.3, 0.4) is 0 Å². The second-order valence-corrected chi connectivity index (χ2v) is 4.14. The summed E-state index contributed by atoms with van der Waals surface area (Å²) in [5, 5.41) is 39.8. The smallest absolute Gasteiger partial charge is 0.811 e. The SMILES string of the molecule is C=O.O=C([O-])CN(CCN(CC(=O)[O-])CC(=O)O)CC(=O)[O-].[Fe+2].[Na+].[Na+].[Na+].[O-]S[O-]. The number of rotatable bonds is 11. The predicted octanol–water partition coefficient (Wildman–Crippen LogP) is -15.3. The molecule has 0 aliphatic rings. The molecule has 1 N–H and O–H groups in total. The maximum absolute atomic E-state index is 10.5. The number of carbonyl (C=O) groups excluding carboxylic acids is 4. The van der Waals surface area contributed by atoms with Crippen LogP contribution >= 0.6 is 12.3 Å². The topological polar surface area (TPSA) is 227 Å². The molecule has 0 aromatic carbocycles. The minimum atomic E-state index is -1.52. The van der Waals surface area contributed by atoms with Gasteiger partial charge in [0.25, 0.3) is 0 Å². The average molecular weight is 508 g/mol. The zero-order chi connectivity index (χ0) is 20.4. The number of hydrogen-bond donors (Lipinski definition) is 1. The van der Waals surface area contributed by atoms with E-state index in [9.17, 15) is 34.5 Å². The monoisotopic (exact) mass is 508 g/mol. The Hall–Kier alpha value is 1.26. The number of nitrogens with zero attached hydrogens (tertiary/aromatic N) is 2. The van der Waals surface area contributed by atoms with Crippen molar-refractivity contribution in [1.82, 2.24) is 9.80 Å². The van der Waals surface area contributed by atoms with Gasteiger partial charge in [0.1, 0.15) is 6.79 Å². The van der Waals surface area contributed by atoms with E-state index >= 15 is 0 Å². The van der Waals surface area contributed by atoms with Crippen molar-refractivity contribution in [3.05, 3.63) is 0 Å². The third-order valence-corrected chi connectivity index (χ3v) is 2.15. The Balaban J connectivity index is -0.0000000979. The van der Waals surface area contributed by atoms with Crippen molar-refractivity contribution in [3.63, 3.8) is 0 Å². The fourth-order valence-corrected chi connectivity index (χ4v) is 1.45. The van der Waals surface area contributed by atoms with Crippen LogP contribution in [0.1, 0.15) is 0 Å². The Bertz CT molecular complexity index is 373. The number of carboxylic acid groups (broad SMARTS) is 4. The maximum atomic E-state index is 10.5. The van der Waals surface area contributed by atoms with E-state index < -0.39 is 62.4 Å². The van der Waals surface area contributed by atoms with Crippen LogP contribution in [0.4, 0.5) is 0 Å². The molecule has 0 bridgehead atoms. The molecule has 0 rings (SSSR count). The Labute approximate surface area is 248 Å². The largest absolute Gasteiger partial charge is 2.00 e. The van der Waals surface area contributed by atoms with E-state index in [0.717, 1.165) is 9.80 Å². The van der Waals surface area contributed by atoms with Crippen LogP contribution in [0, 0.1) is 0 Å². The Morgan fingerprint density at radius 2 is 0.931 bits per heavy atom. The van der Waals surface area contributed by atoms with Gasteiger partial charge in [-0.1, -0.05) is 0 Å². The summed E-state index contributed by atoms with van der Waals surface area (Å²) >= 11 is -0.750. The predicted molar refractivity (Wildman–Crippen MR) is 71.8 cm³/mol. The van der Waals surface area contributed by atoms with Gasteiger partial charge in [-0.2, -0.15) is 0 Å². The van der Waals surface area contributed by atoms with E-state index in [1.165, 1.54) is 0 Å². The van der Waals surface area contributed by atoms with Crippen LogP contribution in [0.5, 0.6) is 0 Å². The van der Waals surface area contributed by atoms with E-state index in [1.807, 2.05) is 6.79 Å². The molecule has 0 unspecified atom stereocenters. The van der Waals surface area contributed by atoms with Crippen LogP contribution in [-0.2, 0) is 41.0 Å². The van der Waals surface area contributed by atoms with Crippen LogP contribution in [0.25, 0.3) is 0 Å². The number of carboxylic acids is 4. The summed E-state index contributed by atoms with van der Waals surface area (Å²) in [7, 11) is 0. The third kappa shape index (κ3) is 43.9. The quantitative estimate of drug-likeness (QED) is 0.202. The van der Waals surface area contributed by atoms with E-state index in [0.29, 0.717) is 0 Å². The first-order chi connectivity index (χ1) is 11.6. The van der Waals surface area contributed by atoms with Gasteiger partial charge in [0.2, 0.25) is 0 Å². The minimum absolute atomic E-state index is 0. The molecule has 29 heavy (non-hydrogen) atoms. The van der Waals surface area contributed by atoms with E-state index in [1.54, 1.807) is 0 Å². The van der Waals surface area contributed by atoms with Gasteiger partial charge in [0.15, 0.2) is 0 Å². The van der Waals surface area contributed by atoms with Gasteiger partial charge in [0, 0.05) is 32.7 Å². The van der Waals surface area contributed by atoms with Crippen molar-refractivity contribution < 1.29 is 159 Å². The van der Waals surface area contributed by atoms with Gasteiger partial charge >= 0.3 is 112 Å². The molecule has 0 spiro atoms. The molecule has 0 saturated heterocycles. The molecule has 0 aliphatic heterocycles. The Morgan fingerprint density at radius 1 is 0.724 bits per heavy atom.